The molecule has 1 unspecified atom stereocenters. The van der Waals surface area contributed by atoms with E-state index in [1.165, 1.54) is 43.2 Å². The van der Waals surface area contributed by atoms with Gasteiger partial charge >= 0.3 is 0 Å². The van der Waals surface area contributed by atoms with Gasteiger partial charge in [-0.15, -0.1) is 0 Å². The fourth-order valence-corrected chi connectivity index (χ4v) is 4.96. The fourth-order valence-electron chi connectivity index (χ4n) is 4.96. The number of benzene rings is 1. The number of rotatable bonds is 10. The number of fused-ring (bicyclic) bond motifs is 1. The van der Waals surface area contributed by atoms with E-state index >= 15 is 0 Å². The normalized spacial score (nSPS) is 19.4. The third kappa shape index (κ3) is 6.56. The number of carbonyl (C=O) groups excluding carboxylic acids is 2. The zero-order valence-corrected chi connectivity index (χ0v) is 18.4. The van der Waals surface area contributed by atoms with E-state index < -0.39 is 6.04 Å². The van der Waals surface area contributed by atoms with E-state index in [9.17, 15) is 9.59 Å². The van der Waals surface area contributed by atoms with Crippen molar-refractivity contribution >= 4 is 11.8 Å². The molecule has 5 heteroatoms. The molecular weight excluding hydrogens is 374 g/mol. The van der Waals surface area contributed by atoms with Crippen LogP contribution in [0.2, 0.25) is 0 Å². The summed E-state index contributed by atoms with van der Waals surface area (Å²) in [6.07, 6.45) is 12.9. The summed E-state index contributed by atoms with van der Waals surface area (Å²) in [5.74, 6) is 0.905. The molecule has 5 nitrogen and oxygen atoms in total. The van der Waals surface area contributed by atoms with Gasteiger partial charge in [-0.05, 0) is 49.3 Å². The Labute approximate surface area is 181 Å². The first-order valence-corrected chi connectivity index (χ1v) is 12.0. The number of hydrogen-bond donors (Lipinski definition) is 2. The molecule has 1 aliphatic heterocycles. The van der Waals surface area contributed by atoms with Gasteiger partial charge in [-0.3, -0.25) is 9.59 Å². The maximum atomic E-state index is 13.1. The van der Waals surface area contributed by atoms with Crippen molar-refractivity contribution in [3.63, 3.8) is 0 Å². The van der Waals surface area contributed by atoms with E-state index in [2.05, 4.69) is 17.4 Å². The third-order valence-electron chi connectivity index (χ3n) is 6.78. The summed E-state index contributed by atoms with van der Waals surface area (Å²) in [4.78, 5) is 27.9. The van der Waals surface area contributed by atoms with Crippen molar-refractivity contribution in [3.8, 4) is 0 Å². The highest BCUT2D eigenvalue weighted by atomic mass is 16.2. The third-order valence-corrected chi connectivity index (χ3v) is 6.78. The van der Waals surface area contributed by atoms with E-state index in [0.29, 0.717) is 32.5 Å². The van der Waals surface area contributed by atoms with Gasteiger partial charge < -0.3 is 16.0 Å². The average Bonchev–Trinajstić information content (AvgIpc) is 2.78. The molecule has 1 fully saturated rings. The lowest BCUT2D eigenvalue weighted by Gasteiger charge is -2.36. The first kappa shape index (κ1) is 22.8. The van der Waals surface area contributed by atoms with E-state index in [0.717, 1.165) is 38.0 Å². The molecule has 166 valence electrons. The SMILES string of the molecule is NCCCCCNC(=O)C1Cc2ccccc2CN1C(=O)CCCC1CCCCC1. The number of nitrogens with two attached hydrogens (primary N) is 1. The minimum Gasteiger partial charge on any atom is -0.354 e. The second kappa shape index (κ2) is 12.1. The van der Waals surface area contributed by atoms with Crippen LogP contribution in [0.15, 0.2) is 24.3 Å². The molecule has 0 spiro atoms. The number of nitrogens with one attached hydrogen (secondary N) is 1. The van der Waals surface area contributed by atoms with Gasteiger partial charge in [-0.1, -0.05) is 62.8 Å². The fraction of sp³-hybridized carbons (Fsp3) is 0.680. The molecule has 0 saturated heterocycles. The summed E-state index contributed by atoms with van der Waals surface area (Å²) >= 11 is 0. The Bertz CT molecular complexity index is 685. The Morgan fingerprint density at radius 2 is 1.77 bits per heavy atom. The van der Waals surface area contributed by atoms with Crippen LogP contribution in [-0.4, -0.2) is 35.8 Å². The molecule has 1 aromatic rings. The lowest BCUT2D eigenvalue weighted by molar-refractivity contribution is -0.142. The standard InChI is InChI=1S/C25H39N3O2/c26-16-7-2-8-17-27-25(30)23-18-21-13-5-6-14-22(21)19-28(23)24(29)15-9-12-20-10-3-1-4-11-20/h5-6,13-14,20,23H,1-4,7-12,15-19,26H2,(H,27,30). The predicted octanol–water partition coefficient (Wildman–Crippen LogP) is 3.94. The van der Waals surface area contributed by atoms with E-state index in [4.69, 9.17) is 5.73 Å². The first-order valence-electron chi connectivity index (χ1n) is 12.0. The maximum Gasteiger partial charge on any atom is 0.243 e. The summed E-state index contributed by atoms with van der Waals surface area (Å²) in [5.41, 5.74) is 7.90. The Morgan fingerprint density at radius 3 is 2.53 bits per heavy atom. The van der Waals surface area contributed by atoms with Gasteiger partial charge in [0.15, 0.2) is 0 Å². The van der Waals surface area contributed by atoms with Crippen LogP contribution in [0.5, 0.6) is 0 Å². The maximum absolute atomic E-state index is 13.1. The molecule has 30 heavy (non-hydrogen) atoms. The molecule has 3 rings (SSSR count). The van der Waals surface area contributed by atoms with Crippen LogP contribution in [0.1, 0.15) is 81.8 Å². The molecule has 2 amide bonds. The van der Waals surface area contributed by atoms with Crippen molar-refractivity contribution in [3.05, 3.63) is 35.4 Å². The van der Waals surface area contributed by atoms with Crippen LogP contribution < -0.4 is 11.1 Å². The van der Waals surface area contributed by atoms with Crippen molar-refractivity contribution in [1.82, 2.24) is 10.2 Å². The summed E-state index contributed by atoms with van der Waals surface area (Å²) in [6, 6.07) is 7.81. The quantitative estimate of drug-likeness (QED) is 0.571. The van der Waals surface area contributed by atoms with Gasteiger partial charge in [0.25, 0.3) is 0 Å². The van der Waals surface area contributed by atoms with Crippen LogP contribution in [0.4, 0.5) is 0 Å². The number of hydrogen-bond acceptors (Lipinski definition) is 3. The van der Waals surface area contributed by atoms with Gasteiger partial charge in [0.2, 0.25) is 11.8 Å². The van der Waals surface area contributed by atoms with Crippen LogP contribution >= 0.6 is 0 Å². The van der Waals surface area contributed by atoms with Gasteiger partial charge in [0, 0.05) is 25.9 Å². The van der Waals surface area contributed by atoms with Crippen LogP contribution in [0.25, 0.3) is 0 Å². The van der Waals surface area contributed by atoms with E-state index in [1.54, 1.807) is 0 Å². The Hall–Kier alpha value is -1.88. The Morgan fingerprint density at radius 1 is 1.00 bits per heavy atom. The highest BCUT2D eigenvalue weighted by Gasteiger charge is 2.34. The summed E-state index contributed by atoms with van der Waals surface area (Å²) in [5, 5.41) is 3.06. The highest BCUT2D eigenvalue weighted by molar-refractivity contribution is 5.88. The van der Waals surface area contributed by atoms with Crippen molar-refractivity contribution in [2.45, 2.75) is 89.6 Å². The smallest absolute Gasteiger partial charge is 0.243 e. The molecule has 1 aliphatic carbocycles. The summed E-state index contributed by atoms with van der Waals surface area (Å²) in [7, 11) is 0. The lowest BCUT2D eigenvalue weighted by atomic mass is 9.85. The minimum atomic E-state index is -0.392. The van der Waals surface area contributed by atoms with Crippen LogP contribution in [0, 0.1) is 5.92 Å². The summed E-state index contributed by atoms with van der Waals surface area (Å²) in [6.45, 7) is 1.89. The second-order valence-electron chi connectivity index (χ2n) is 9.05. The molecule has 0 radical (unpaired) electrons. The molecule has 3 N–H and O–H groups in total. The van der Waals surface area contributed by atoms with E-state index in [1.807, 2.05) is 17.0 Å². The van der Waals surface area contributed by atoms with Crippen molar-refractivity contribution in [2.24, 2.45) is 11.7 Å². The monoisotopic (exact) mass is 413 g/mol. The zero-order chi connectivity index (χ0) is 21.2. The zero-order valence-electron chi connectivity index (χ0n) is 18.4. The lowest BCUT2D eigenvalue weighted by Crippen LogP contribution is -2.52. The van der Waals surface area contributed by atoms with Gasteiger partial charge in [0.1, 0.15) is 6.04 Å². The van der Waals surface area contributed by atoms with Gasteiger partial charge in [-0.25, -0.2) is 0 Å². The number of unbranched alkanes of at least 4 members (excludes halogenated alkanes) is 2. The highest BCUT2D eigenvalue weighted by Crippen LogP contribution is 2.29. The molecule has 1 aromatic carbocycles. The predicted molar refractivity (Wildman–Crippen MR) is 121 cm³/mol. The van der Waals surface area contributed by atoms with Crippen molar-refractivity contribution < 1.29 is 9.59 Å². The van der Waals surface area contributed by atoms with Gasteiger partial charge in [-0.2, -0.15) is 0 Å². The number of nitrogens with zero attached hydrogens (tertiary/aromatic N) is 1. The average molecular weight is 414 g/mol. The minimum absolute atomic E-state index is 0.0158. The Kier molecular flexibility index (Phi) is 9.19. The molecule has 1 atom stereocenters. The molecule has 0 bridgehead atoms. The Balaban J connectivity index is 1.56. The number of amides is 2. The van der Waals surface area contributed by atoms with Gasteiger partial charge in [0.05, 0.1) is 0 Å². The molecular formula is C25H39N3O2. The molecule has 1 heterocycles. The van der Waals surface area contributed by atoms with Crippen LogP contribution in [-0.2, 0) is 22.6 Å². The first-order chi connectivity index (χ1) is 14.7. The molecule has 2 aliphatic rings. The molecule has 0 aromatic heterocycles. The van der Waals surface area contributed by atoms with E-state index in [-0.39, 0.29) is 11.8 Å². The van der Waals surface area contributed by atoms with Crippen molar-refractivity contribution in [1.29, 1.82) is 0 Å². The topological polar surface area (TPSA) is 75.4 Å². The number of carbonyl (C=O) groups is 2. The van der Waals surface area contributed by atoms with Crippen molar-refractivity contribution in [2.75, 3.05) is 13.1 Å². The molecule has 1 saturated carbocycles. The van der Waals surface area contributed by atoms with Crippen LogP contribution in [0.3, 0.4) is 0 Å². The second-order valence-corrected chi connectivity index (χ2v) is 9.05. The summed E-state index contributed by atoms with van der Waals surface area (Å²) < 4.78 is 0. The largest absolute Gasteiger partial charge is 0.354 e.